The molecule has 0 radical (unpaired) electrons. The number of hydrogen-bond acceptors (Lipinski definition) is 5. The molecular weight excluding hydrogens is 374 g/mol. The van der Waals surface area contributed by atoms with Crippen molar-refractivity contribution in [2.45, 2.75) is 25.9 Å². The Morgan fingerprint density at radius 1 is 1.18 bits per heavy atom. The number of benzene rings is 1. The van der Waals surface area contributed by atoms with Gasteiger partial charge in [0, 0.05) is 6.07 Å². The maximum absolute atomic E-state index is 13.6. The Morgan fingerprint density at radius 3 is 2.36 bits per heavy atom. The summed E-state index contributed by atoms with van der Waals surface area (Å²) in [4.78, 5) is 49.6. The van der Waals surface area contributed by atoms with Crippen molar-refractivity contribution < 1.29 is 32.7 Å². The maximum Gasteiger partial charge on any atom is 0.326 e. The molecule has 1 aliphatic carbocycles. The zero-order valence-electron chi connectivity index (χ0n) is 15.0. The largest absolute Gasteiger partial charge is 0.451 e. The average Bonchev–Trinajstić information content (AvgIpc) is 2.89. The van der Waals surface area contributed by atoms with Crippen LogP contribution in [0.5, 0.6) is 0 Å². The van der Waals surface area contributed by atoms with Gasteiger partial charge >= 0.3 is 5.97 Å². The van der Waals surface area contributed by atoms with Gasteiger partial charge in [-0.15, -0.1) is 0 Å². The molecule has 148 valence electrons. The molecule has 1 aromatic carbocycles. The molecule has 28 heavy (non-hydrogen) atoms. The van der Waals surface area contributed by atoms with E-state index in [0.717, 1.165) is 17.0 Å². The lowest BCUT2D eigenvalue weighted by atomic mass is 9.85. The minimum atomic E-state index is -1.31. The molecule has 1 aliphatic heterocycles. The zero-order valence-corrected chi connectivity index (χ0v) is 15.0. The summed E-state index contributed by atoms with van der Waals surface area (Å²) in [6, 6.07) is 2.61. The van der Waals surface area contributed by atoms with Crippen molar-refractivity contribution in [3.8, 4) is 0 Å². The van der Waals surface area contributed by atoms with Crippen LogP contribution in [0.4, 0.5) is 14.5 Å². The number of imide groups is 1. The van der Waals surface area contributed by atoms with E-state index in [2.05, 4.69) is 5.32 Å². The first-order valence-corrected chi connectivity index (χ1v) is 8.73. The fourth-order valence-corrected chi connectivity index (χ4v) is 3.27. The first-order valence-electron chi connectivity index (χ1n) is 8.73. The predicted molar refractivity (Wildman–Crippen MR) is 92.6 cm³/mol. The van der Waals surface area contributed by atoms with E-state index in [1.54, 1.807) is 0 Å². The van der Waals surface area contributed by atoms with Crippen molar-refractivity contribution in [2.24, 2.45) is 11.8 Å². The minimum absolute atomic E-state index is 0.268. The minimum Gasteiger partial charge on any atom is -0.451 e. The number of nitrogens with one attached hydrogen (secondary N) is 1. The fraction of sp³-hybridized carbons (Fsp3) is 0.368. The molecule has 1 heterocycles. The Morgan fingerprint density at radius 2 is 1.79 bits per heavy atom. The van der Waals surface area contributed by atoms with Crippen molar-refractivity contribution in [1.82, 2.24) is 4.90 Å². The molecule has 0 unspecified atom stereocenters. The summed E-state index contributed by atoms with van der Waals surface area (Å²) >= 11 is 0. The van der Waals surface area contributed by atoms with Crippen molar-refractivity contribution in [2.75, 3.05) is 11.9 Å². The van der Waals surface area contributed by atoms with Crippen molar-refractivity contribution >= 4 is 29.4 Å². The van der Waals surface area contributed by atoms with Gasteiger partial charge in [0.2, 0.25) is 11.8 Å². The molecular formula is C19H18F2N2O5. The maximum atomic E-state index is 13.6. The molecule has 1 N–H and O–H groups in total. The standard InChI is InChI=1S/C19H18F2N2O5/c1-10(17(25)22-15-7-6-11(20)8-14(15)21)28-16(24)9-23-18(26)12-4-2-3-5-13(12)19(23)27/h2-3,6-8,10,12-13H,4-5,9H2,1H3,(H,22,25)/t10-,12-,13+/m0/s1. The van der Waals surface area contributed by atoms with Crippen molar-refractivity contribution in [3.63, 3.8) is 0 Å². The number of halogens is 2. The monoisotopic (exact) mass is 392 g/mol. The quantitative estimate of drug-likeness (QED) is 0.469. The highest BCUT2D eigenvalue weighted by Crippen LogP contribution is 2.34. The summed E-state index contributed by atoms with van der Waals surface area (Å²) in [5, 5.41) is 2.18. The summed E-state index contributed by atoms with van der Waals surface area (Å²) in [6.07, 6.45) is 3.24. The third-order valence-electron chi connectivity index (χ3n) is 4.75. The summed E-state index contributed by atoms with van der Waals surface area (Å²) in [7, 11) is 0. The molecule has 0 bridgehead atoms. The highest BCUT2D eigenvalue weighted by Gasteiger charge is 2.47. The van der Waals surface area contributed by atoms with E-state index in [1.807, 2.05) is 12.2 Å². The van der Waals surface area contributed by atoms with E-state index in [1.165, 1.54) is 6.92 Å². The van der Waals surface area contributed by atoms with Gasteiger partial charge < -0.3 is 10.1 Å². The number of carbonyl (C=O) groups excluding carboxylic acids is 4. The number of nitrogens with zero attached hydrogens (tertiary/aromatic N) is 1. The molecule has 1 fully saturated rings. The zero-order chi connectivity index (χ0) is 20.4. The average molecular weight is 392 g/mol. The highest BCUT2D eigenvalue weighted by molar-refractivity contribution is 6.07. The molecule has 0 spiro atoms. The van der Waals surface area contributed by atoms with Crippen molar-refractivity contribution in [3.05, 3.63) is 42.0 Å². The first-order chi connectivity index (χ1) is 13.3. The molecule has 0 saturated carbocycles. The van der Waals surface area contributed by atoms with Crippen LogP contribution < -0.4 is 5.32 Å². The summed E-state index contributed by atoms with van der Waals surface area (Å²) in [5.41, 5.74) is -0.268. The van der Waals surface area contributed by atoms with Gasteiger partial charge in [0.1, 0.15) is 18.2 Å². The second-order valence-corrected chi connectivity index (χ2v) is 6.66. The number of anilines is 1. The van der Waals surface area contributed by atoms with E-state index >= 15 is 0 Å². The van der Waals surface area contributed by atoms with E-state index in [4.69, 9.17) is 4.74 Å². The van der Waals surface area contributed by atoms with Crippen LogP contribution in [-0.2, 0) is 23.9 Å². The van der Waals surface area contributed by atoms with E-state index < -0.39 is 59.8 Å². The fourth-order valence-electron chi connectivity index (χ4n) is 3.27. The van der Waals surface area contributed by atoms with Crippen LogP contribution in [0.1, 0.15) is 19.8 Å². The second kappa shape index (κ2) is 7.87. The number of esters is 1. The van der Waals surface area contributed by atoms with Crippen molar-refractivity contribution in [1.29, 1.82) is 0 Å². The third-order valence-corrected chi connectivity index (χ3v) is 4.75. The predicted octanol–water partition coefficient (Wildman–Crippen LogP) is 1.79. The Kier molecular flexibility index (Phi) is 5.53. The lowest BCUT2D eigenvalue weighted by Crippen LogP contribution is -2.39. The van der Waals surface area contributed by atoms with E-state index in [-0.39, 0.29) is 5.69 Å². The van der Waals surface area contributed by atoms with Gasteiger partial charge in [0.15, 0.2) is 6.10 Å². The van der Waals surface area contributed by atoms with Gasteiger partial charge in [-0.3, -0.25) is 24.1 Å². The van der Waals surface area contributed by atoms with Gasteiger partial charge in [0.25, 0.3) is 5.91 Å². The van der Waals surface area contributed by atoms with Crippen LogP contribution in [0.25, 0.3) is 0 Å². The molecule has 0 aromatic heterocycles. The van der Waals surface area contributed by atoms with Gasteiger partial charge in [-0.25, -0.2) is 8.78 Å². The van der Waals surface area contributed by atoms with Gasteiger partial charge in [-0.2, -0.15) is 0 Å². The molecule has 2 aliphatic rings. The Bertz CT molecular complexity index is 844. The number of hydrogen-bond donors (Lipinski definition) is 1. The van der Waals surface area contributed by atoms with Crippen LogP contribution in [0, 0.1) is 23.5 Å². The summed E-state index contributed by atoms with van der Waals surface area (Å²) < 4.78 is 31.4. The Balaban J connectivity index is 1.56. The van der Waals surface area contributed by atoms with Crippen LogP contribution in [-0.4, -0.2) is 41.2 Å². The van der Waals surface area contributed by atoms with Crippen LogP contribution >= 0.6 is 0 Å². The van der Waals surface area contributed by atoms with Crippen LogP contribution in [0.3, 0.4) is 0 Å². The molecule has 7 nitrogen and oxygen atoms in total. The molecule has 3 rings (SSSR count). The Hall–Kier alpha value is -3.10. The number of rotatable bonds is 5. The van der Waals surface area contributed by atoms with E-state index in [0.29, 0.717) is 18.9 Å². The smallest absolute Gasteiger partial charge is 0.326 e. The number of likely N-dealkylation sites (tertiary alicyclic amines) is 1. The molecule has 9 heteroatoms. The van der Waals surface area contributed by atoms with E-state index in [9.17, 15) is 28.0 Å². The van der Waals surface area contributed by atoms with Gasteiger partial charge in [-0.05, 0) is 31.9 Å². The molecule has 1 aromatic rings. The number of ether oxygens (including phenoxy) is 1. The number of carbonyl (C=O) groups is 4. The lowest BCUT2D eigenvalue weighted by Gasteiger charge is -2.17. The summed E-state index contributed by atoms with van der Waals surface area (Å²) in [6.45, 7) is 0.666. The Labute approximate surface area is 159 Å². The highest BCUT2D eigenvalue weighted by atomic mass is 19.1. The second-order valence-electron chi connectivity index (χ2n) is 6.66. The topological polar surface area (TPSA) is 92.8 Å². The third kappa shape index (κ3) is 3.92. The molecule has 3 amide bonds. The number of allylic oxidation sites excluding steroid dienone is 2. The normalized spacial score (nSPS) is 22.0. The van der Waals surface area contributed by atoms with Crippen LogP contribution in [0.15, 0.2) is 30.4 Å². The number of fused-ring (bicyclic) bond motifs is 1. The molecule has 1 saturated heterocycles. The first kappa shape index (κ1) is 19.7. The van der Waals surface area contributed by atoms with Gasteiger partial charge in [0.05, 0.1) is 17.5 Å². The van der Waals surface area contributed by atoms with Crippen LogP contribution in [0.2, 0.25) is 0 Å². The van der Waals surface area contributed by atoms with Gasteiger partial charge in [-0.1, -0.05) is 12.2 Å². The SMILES string of the molecule is C[C@H](OC(=O)CN1C(=O)[C@H]2CC=CC[C@H]2C1=O)C(=O)Nc1ccc(F)cc1F. The molecule has 3 atom stereocenters. The number of amides is 3. The lowest BCUT2D eigenvalue weighted by molar-refractivity contribution is -0.158. The summed E-state index contributed by atoms with van der Waals surface area (Å²) in [5.74, 6) is -5.34.